The Morgan fingerprint density at radius 3 is 0.924 bits per heavy atom. The van der Waals surface area contributed by atoms with Crippen molar-refractivity contribution in [2.75, 3.05) is 14.7 Å². The van der Waals surface area contributed by atoms with Gasteiger partial charge >= 0.3 is 0 Å². The Morgan fingerprint density at radius 1 is 0.179 bits per heavy atom. The number of hydrogen-bond acceptors (Lipinski definition) is 6. The second-order valence-electron chi connectivity index (χ2n) is 40.1. The zero-order valence-electron chi connectivity index (χ0n) is 81.5. The van der Waals surface area contributed by atoms with Gasteiger partial charge in [-0.25, -0.2) is 0 Å². The third-order valence-corrected chi connectivity index (χ3v) is 31.8. The van der Waals surface area contributed by atoms with Crippen molar-refractivity contribution in [1.29, 1.82) is 0 Å². The van der Waals surface area contributed by atoms with Crippen molar-refractivity contribution in [2.24, 2.45) is 0 Å². The fourth-order valence-corrected chi connectivity index (χ4v) is 24.5. The molecule has 3 heterocycles. The summed E-state index contributed by atoms with van der Waals surface area (Å²) in [5, 5.41) is 9.64. The Bertz CT molecular complexity index is 9360. The quantitative estimate of drug-likeness (QED) is 0.102. The number of para-hydroxylation sites is 4. The summed E-state index contributed by atoms with van der Waals surface area (Å²) in [6, 6.07) is 183. The van der Waals surface area contributed by atoms with Crippen LogP contribution in [0.5, 0.6) is 0 Å². The van der Waals surface area contributed by atoms with Crippen LogP contribution in [0.25, 0.3) is 175 Å². The lowest BCUT2D eigenvalue weighted by atomic mass is 9.82. The zero-order chi connectivity index (χ0) is 97.2. The molecule has 3 aromatic heterocycles. The SMILES string of the molecule is CC1(C)c2ccccc2-c2ccc(N(c3ccc(-c4ccc(-c5ccccc5)cc4)cc3)c3cccc(-c4cccc5c4oc4ccccc45)c3)cc21.CC1(C)c2ccccc2-c2ccc(N(c3ccc(-c4ccccc4)cc3)c3cccc(-c4cccc5c4sc4ccccc45)c3)cc21.CC1(C)c2ccccc2-c2ccc(N(c3cccc(-c4cccc5c4oc4ccccc45)c3)c3cccc4ccccc34)cc21. The normalized spacial score (nSPS) is 13.1. The standard InChI is InChI=1S/C51H37NO.C45H33NS.C43H31NO/c1-51(2)47-20-8-6-16-43(47)44-31-30-41(33-48(44)51)52(39-28-26-37(27-29-39)36-24-22-35(23-25-36)34-12-4-3-5-13-34)40-15-10-14-38(32-40)42-18-11-19-46-45-17-7-9-21-49(45)53-50(42)46;1-45(2)41-20-8-6-16-37(41)38-27-26-35(29-42(38)45)46(33-24-22-31(23-25-33)30-12-4-3-5-13-30)34-15-10-14-32(28-34)36-18-11-19-40-39-17-7-9-21-43(39)47-44(36)40;1-43(2)38-21-7-5-17-34(38)35-25-24-31(27-39(35)43)44(40-22-10-13-28-12-3-4-16-32(28)40)30-15-9-14-29(26-30)33-19-11-20-37-36-18-6-8-23-41(36)45-42(33)37/h3-33H,1-2H3;3-29H,1-2H3;3-27H,1-2H3. The molecule has 145 heavy (non-hydrogen) atoms. The number of anilines is 9. The first-order valence-electron chi connectivity index (χ1n) is 50.2. The van der Waals surface area contributed by atoms with Gasteiger partial charge in [0.05, 0.1) is 5.69 Å². The van der Waals surface area contributed by atoms with Crippen LogP contribution in [0, 0.1) is 0 Å². The molecule has 0 aliphatic heterocycles. The third kappa shape index (κ3) is 15.2. The van der Waals surface area contributed by atoms with Crippen LogP contribution in [0.1, 0.15) is 74.9 Å². The average Bonchev–Trinajstić information content (AvgIpc) is 1.59. The van der Waals surface area contributed by atoms with Crippen LogP contribution >= 0.6 is 11.3 Å². The lowest BCUT2D eigenvalue weighted by molar-refractivity contribution is 0.660. The van der Waals surface area contributed by atoms with Gasteiger partial charge < -0.3 is 23.5 Å². The highest BCUT2D eigenvalue weighted by Gasteiger charge is 2.40. The maximum absolute atomic E-state index is 6.49. The van der Waals surface area contributed by atoms with Crippen molar-refractivity contribution in [3.05, 3.63) is 537 Å². The smallest absolute Gasteiger partial charge is 0.143 e. The number of benzene rings is 22. The molecule has 690 valence electrons. The van der Waals surface area contributed by atoms with E-state index >= 15 is 0 Å². The van der Waals surface area contributed by atoms with Crippen LogP contribution in [-0.4, -0.2) is 0 Å². The maximum Gasteiger partial charge on any atom is 0.143 e. The molecule has 0 amide bonds. The van der Waals surface area contributed by atoms with Crippen molar-refractivity contribution in [1.82, 2.24) is 0 Å². The van der Waals surface area contributed by atoms with Gasteiger partial charge in [-0.2, -0.15) is 0 Å². The van der Waals surface area contributed by atoms with E-state index < -0.39 is 0 Å². The number of rotatable bonds is 15. The van der Waals surface area contributed by atoms with Gasteiger partial charge in [-0.1, -0.05) is 424 Å². The van der Waals surface area contributed by atoms with Crippen LogP contribution in [0.2, 0.25) is 0 Å². The van der Waals surface area contributed by atoms with E-state index in [2.05, 4.69) is 535 Å². The molecule has 6 heteroatoms. The molecule has 22 aromatic carbocycles. The molecule has 0 N–H and O–H groups in total. The Balaban J connectivity index is 0.000000111. The highest BCUT2D eigenvalue weighted by atomic mass is 32.1. The molecule has 0 fully saturated rings. The monoisotopic (exact) mass is 1880 g/mol. The third-order valence-electron chi connectivity index (χ3n) is 30.6. The largest absolute Gasteiger partial charge is 0.455 e. The molecule has 5 nitrogen and oxygen atoms in total. The highest BCUT2D eigenvalue weighted by Crippen LogP contribution is 2.57. The first-order valence-corrected chi connectivity index (χ1v) is 51.0. The summed E-state index contributed by atoms with van der Waals surface area (Å²) in [7, 11) is 0. The summed E-state index contributed by atoms with van der Waals surface area (Å²) in [6.45, 7) is 14.1. The molecule has 0 atom stereocenters. The minimum Gasteiger partial charge on any atom is -0.455 e. The number of fused-ring (bicyclic) bond motifs is 19. The maximum atomic E-state index is 6.49. The fourth-order valence-electron chi connectivity index (χ4n) is 23.3. The predicted octanol–water partition coefficient (Wildman–Crippen LogP) is 39.7. The van der Waals surface area contributed by atoms with Crippen LogP contribution in [0.4, 0.5) is 51.2 Å². The number of thiophene rings is 1. The molecular weight excluding hydrogens is 1780 g/mol. The minimum atomic E-state index is -0.109. The average molecular weight is 1880 g/mol. The Morgan fingerprint density at radius 2 is 0.469 bits per heavy atom. The van der Waals surface area contributed by atoms with Crippen LogP contribution in [0.15, 0.2) is 512 Å². The van der Waals surface area contributed by atoms with Gasteiger partial charge in [0.15, 0.2) is 0 Å². The van der Waals surface area contributed by atoms with E-state index in [0.29, 0.717) is 0 Å². The van der Waals surface area contributed by atoms with Gasteiger partial charge in [-0.15, -0.1) is 11.3 Å². The molecule has 0 unspecified atom stereocenters. The molecule has 28 rings (SSSR count). The van der Waals surface area contributed by atoms with Gasteiger partial charge in [0.1, 0.15) is 22.3 Å². The lowest BCUT2D eigenvalue weighted by Gasteiger charge is -2.29. The summed E-state index contributed by atoms with van der Waals surface area (Å²) in [6.07, 6.45) is 0. The van der Waals surface area contributed by atoms with E-state index in [1.807, 2.05) is 35.6 Å². The van der Waals surface area contributed by atoms with Crippen LogP contribution in [-0.2, 0) is 16.2 Å². The van der Waals surface area contributed by atoms with Gasteiger partial charge in [0.2, 0.25) is 0 Å². The van der Waals surface area contributed by atoms with E-state index in [1.54, 1.807) is 0 Å². The molecular formula is C139H101N3O2S. The second kappa shape index (κ2) is 35.5. The molecule has 0 radical (unpaired) electrons. The van der Waals surface area contributed by atoms with Gasteiger partial charge in [0, 0.05) is 120 Å². The van der Waals surface area contributed by atoms with Crippen LogP contribution in [0.3, 0.4) is 0 Å². The molecule has 25 aromatic rings. The lowest BCUT2D eigenvalue weighted by Crippen LogP contribution is -2.16. The first kappa shape index (κ1) is 87.6. The van der Waals surface area contributed by atoms with Crippen molar-refractivity contribution in [3.8, 4) is 100 Å². The first-order chi connectivity index (χ1) is 71.2. The molecule has 3 aliphatic rings. The summed E-state index contributed by atoms with van der Waals surface area (Å²) in [5.74, 6) is 0. The van der Waals surface area contributed by atoms with Crippen molar-refractivity contribution in [3.63, 3.8) is 0 Å². The van der Waals surface area contributed by atoms with E-state index in [0.717, 1.165) is 117 Å². The molecule has 0 spiro atoms. The second-order valence-corrected chi connectivity index (χ2v) is 41.2. The minimum absolute atomic E-state index is 0.0799. The molecule has 0 saturated carbocycles. The van der Waals surface area contributed by atoms with Crippen molar-refractivity contribution < 1.29 is 8.83 Å². The Hall–Kier alpha value is -17.7. The van der Waals surface area contributed by atoms with Crippen molar-refractivity contribution in [2.45, 2.75) is 57.8 Å². The van der Waals surface area contributed by atoms with E-state index in [1.165, 1.54) is 142 Å². The van der Waals surface area contributed by atoms with Gasteiger partial charge in [0.25, 0.3) is 0 Å². The number of hydrogen-bond donors (Lipinski definition) is 0. The van der Waals surface area contributed by atoms with E-state index in [4.69, 9.17) is 8.83 Å². The predicted molar refractivity (Wildman–Crippen MR) is 614 cm³/mol. The van der Waals surface area contributed by atoms with E-state index in [9.17, 15) is 0 Å². The Kier molecular flexibility index (Phi) is 21.5. The number of nitrogens with zero attached hydrogens (tertiary/aromatic N) is 3. The van der Waals surface area contributed by atoms with Gasteiger partial charge in [-0.05, 0) is 249 Å². The molecule has 3 aliphatic carbocycles. The van der Waals surface area contributed by atoms with Crippen molar-refractivity contribution >= 4 is 137 Å². The highest BCUT2D eigenvalue weighted by molar-refractivity contribution is 7.26. The topological polar surface area (TPSA) is 36.0 Å². The summed E-state index contributed by atoms with van der Waals surface area (Å²) >= 11 is 1.88. The summed E-state index contributed by atoms with van der Waals surface area (Å²) in [4.78, 5) is 7.23. The fraction of sp³-hybridized carbons (Fsp3) is 0.0647. The van der Waals surface area contributed by atoms with E-state index in [-0.39, 0.29) is 16.2 Å². The Labute approximate surface area is 849 Å². The zero-order valence-corrected chi connectivity index (χ0v) is 82.3. The summed E-state index contributed by atoms with van der Waals surface area (Å²) < 4.78 is 15.6. The molecule has 0 bridgehead atoms. The van der Waals surface area contributed by atoms with Gasteiger partial charge in [-0.3, -0.25) is 0 Å². The molecule has 0 saturated heterocycles. The van der Waals surface area contributed by atoms with Crippen LogP contribution < -0.4 is 14.7 Å². The summed E-state index contributed by atoms with van der Waals surface area (Å²) in [5.41, 5.74) is 43.9. The number of furan rings is 2.